The molecule has 2 aliphatic heterocycles. The summed E-state index contributed by atoms with van der Waals surface area (Å²) in [4.78, 5) is 49.9. The third kappa shape index (κ3) is 6.72. The van der Waals surface area contributed by atoms with E-state index < -0.39 is 73.5 Å². The van der Waals surface area contributed by atoms with E-state index in [-0.39, 0.29) is 28.7 Å². The number of aliphatic hydroxyl groups excluding tert-OH is 1. The monoisotopic (exact) mass is 646 g/mol. The number of imide groups is 1. The number of nitrogen functional groups attached to an aromatic ring is 1. The van der Waals surface area contributed by atoms with Crippen LogP contribution in [0.5, 0.6) is 5.88 Å². The van der Waals surface area contributed by atoms with Crippen LogP contribution in [0.15, 0.2) is 6.33 Å². The highest BCUT2D eigenvalue weighted by Crippen LogP contribution is 2.57. The SMILES string of the molecule is COc1nc(N)nc2c1ncn2[C@@H]1O[C@H](CO[P@@](=O)(N[C@@H](C)C(=O)OC(C)C)SCC2NC(=O)N(C)C2=O)[C@@H](O)[C@@]1(C)O. The number of amides is 3. The van der Waals surface area contributed by atoms with Crippen LogP contribution < -0.4 is 20.9 Å². The fraction of sp³-hybridized carbons (Fsp3) is 0.652. The molecule has 2 saturated heterocycles. The molecule has 0 radical (unpaired) electrons. The van der Waals surface area contributed by atoms with Gasteiger partial charge in [-0.05, 0) is 27.7 Å². The van der Waals surface area contributed by atoms with E-state index in [0.717, 1.165) is 4.90 Å². The zero-order valence-electron chi connectivity index (χ0n) is 24.3. The summed E-state index contributed by atoms with van der Waals surface area (Å²) in [5, 5.41) is 27.4. The Balaban J connectivity index is 1.53. The standard InChI is InChI=1S/C23H35N8O10PS/c1-10(2)40-19(34)11(3)29-42(37,43-8-12-18(33)30(5)22(35)26-12)39-7-13-15(32)23(4,36)20(41-13)31-9-25-14-16(31)27-21(24)28-17(14)38-6/h9-13,15,20,32,36H,7-8H2,1-6H3,(H,26,35)(H,29,37)(H2,24,27,28)/t11-,12?,13+,15+,20+,23+,42-/m0/s1. The Morgan fingerprint density at radius 2 is 2.05 bits per heavy atom. The first-order valence-electron chi connectivity index (χ1n) is 13.1. The number of carbonyl (C=O) groups is 3. The van der Waals surface area contributed by atoms with Gasteiger partial charge in [-0.15, -0.1) is 0 Å². The molecule has 43 heavy (non-hydrogen) atoms. The van der Waals surface area contributed by atoms with E-state index in [2.05, 4.69) is 25.4 Å². The van der Waals surface area contributed by atoms with Crippen molar-refractivity contribution in [3.8, 4) is 5.88 Å². The fourth-order valence-corrected chi connectivity index (χ4v) is 8.29. The Bertz CT molecular complexity index is 1440. The predicted octanol–water partition coefficient (Wildman–Crippen LogP) is -0.236. The van der Waals surface area contributed by atoms with Gasteiger partial charge >= 0.3 is 18.7 Å². The van der Waals surface area contributed by atoms with Crippen molar-refractivity contribution in [1.29, 1.82) is 0 Å². The lowest BCUT2D eigenvalue weighted by Gasteiger charge is -2.27. The van der Waals surface area contributed by atoms with Gasteiger partial charge in [-0.25, -0.2) is 14.9 Å². The molecule has 2 aromatic heterocycles. The van der Waals surface area contributed by atoms with Gasteiger partial charge in [0.15, 0.2) is 17.4 Å². The first kappa shape index (κ1) is 32.8. The summed E-state index contributed by atoms with van der Waals surface area (Å²) in [6.07, 6.45) is -3.16. The van der Waals surface area contributed by atoms with Gasteiger partial charge in [0.25, 0.3) is 5.91 Å². The summed E-state index contributed by atoms with van der Waals surface area (Å²) < 4.78 is 37.4. The number of rotatable bonds is 12. The van der Waals surface area contributed by atoms with E-state index in [4.69, 9.17) is 24.5 Å². The number of aromatic nitrogens is 4. The van der Waals surface area contributed by atoms with Crippen LogP contribution in [-0.4, -0.2) is 115 Å². The number of nitrogens with zero attached hydrogens (tertiary/aromatic N) is 5. The van der Waals surface area contributed by atoms with Crippen LogP contribution in [0.2, 0.25) is 0 Å². The number of ether oxygens (including phenoxy) is 3. The summed E-state index contributed by atoms with van der Waals surface area (Å²) in [6.45, 7) is 1.49. The molecule has 2 aromatic rings. The Kier molecular flexibility index (Phi) is 9.55. The third-order valence-electron chi connectivity index (χ3n) is 6.72. The molecule has 20 heteroatoms. The average Bonchev–Trinajstić information content (AvgIpc) is 3.53. The number of fused-ring (bicyclic) bond motifs is 1. The molecule has 0 saturated carbocycles. The maximum Gasteiger partial charge on any atom is 0.327 e. The lowest BCUT2D eigenvalue weighted by Crippen LogP contribution is -2.44. The molecule has 238 valence electrons. The number of carbonyl (C=O) groups excluding carboxylic acids is 3. The first-order valence-corrected chi connectivity index (χ1v) is 16.3. The second-order valence-electron chi connectivity index (χ2n) is 10.4. The highest BCUT2D eigenvalue weighted by Gasteiger charge is 2.54. The van der Waals surface area contributed by atoms with Gasteiger partial charge in [0.1, 0.15) is 29.9 Å². The number of imidazole rings is 1. The second-order valence-corrected chi connectivity index (χ2v) is 14.8. The van der Waals surface area contributed by atoms with Crippen molar-refractivity contribution in [2.75, 3.05) is 32.3 Å². The lowest BCUT2D eigenvalue weighted by atomic mass is 9.96. The van der Waals surface area contributed by atoms with Gasteiger partial charge in [0.05, 0.1) is 26.1 Å². The minimum Gasteiger partial charge on any atom is -0.479 e. The van der Waals surface area contributed by atoms with Crippen LogP contribution in [-0.2, 0) is 28.2 Å². The maximum atomic E-state index is 14.0. The Morgan fingerprint density at radius 1 is 1.35 bits per heavy atom. The quantitative estimate of drug-likeness (QED) is 0.114. The number of hydrogen-bond acceptors (Lipinski definition) is 15. The molecule has 0 aliphatic carbocycles. The van der Waals surface area contributed by atoms with Gasteiger partial charge in [-0.2, -0.15) is 9.97 Å². The highest BCUT2D eigenvalue weighted by atomic mass is 32.7. The van der Waals surface area contributed by atoms with E-state index >= 15 is 0 Å². The van der Waals surface area contributed by atoms with Crippen LogP contribution in [0, 0.1) is 0 Å². The Hall–Kier alpha value is -3.06. The zero-order chi connectivity index (χ0) is 31.9. The molecule has 6 N–H and O–H groups in total. The molecule has 0 spiro atoms. The molecule has 7 atom stereocenters. The maximum absolute atomic E-state index is 14.0. The molecule has 4 rings (SSSR count). The van der Waals surface area contributed by atoms with Crippen molar-refractivity contribution in [3.05, 3.63) is 6.33 Å². The average molecular weight is 647 g/mol. The molecule has 3 amide bonds. The highest BCUT2D eigenvalue weighted by molar-refractivity contribution is 8.56. The molecule has 0 aromatic carbocycles. The number of likely N-dealkylation sites (N-methyl/N-ethyl adjacent to an activating group) is 1. The topological polar surface area (TPSA) is 243 Å². The van der Waals surface area contributed by atoms with Crippen LogP contribution in [0.4, 0.5) is 10.7 Å². The van der Waals surface area contributed by atoms with Gasteiger partial charge in [-0.1, -0.05) is 11.4 Å². The Morgan fingerprint density at radius 3 is 2.65 bits per heavy atom. The van der Waals surface area contributed by atoms with Gasteiger partial charge in [0, 0.05) is 12.8 Å². The summed E-state index contributed by atoms with van der Waals surface area (Å²) >= 11 is 0.677. The molecule has 18 nitrogen and oxygen atoms in total. The number of aliphatic hydroxyl groups is 2. The molecule has 2 aliphatic rings. The smallest absolute Gasteiger partial charge is 0.327 e. The van der Waals surface area contributed by atoms with Crippen molar-refractivity contribution < 1.29 is 47.9 Å². The number of hydrogen-bond donors (Lipinski definition) is 5. The van der Waals surface area contributed by atoms with Gasteiger partial charge in [0.2, 0.25) is 11.8 Å². The largest absolute Gasteiger partial charge is 0.479 e. The zero-order valence-corrected chi connectivity index (χ0v) is 26.0. The molecule has 4 heterocycles. The van der Waals surface area contributed by atoms with Crippen LogP contribution in [0.1, 0.15) is 33.9 Å². The number of esters is 1. The van der Waals surface area contributed by atoms with Crippen molar-refractivity contribution in [1.82, 2.24) is 34.8 Å². The van der Waals surface area contributed by atoms with Crippen LogP contribution in [0.3, 0.4) is 0 Å². The molecule has 0 bridgehead atoms. The fourth-order valence-electron chi connectivity index (χ4n) is 4.43. The summed E-state index contributed by atoms with van der Waals surface area (Å²) in [7, 11) is 2.68. The number of urea groups is 1. The van der Waals surface area contributed by atoms with Gasteiger partial charge in [-0.3, -0.25) is 23.6 Å². The number of methoxy groups -OCH3 is 1. The second kappa shape index (κ2) is 12.5. The predicted molar refractivity (Wildman–Crippen MR) is 152 cm³/mol. The van der Waals surface area contributed by atoms with Crippen molar-refractivity contribution >= 4 is 53.1 Å². The molecule has 2 fully saturated rings. The minimum absolute atomic E-state index is 0.0941. The van der Waals surface area contributed by atoms with E-state index in [1.807, 2.05) is 0 Å². The van der Waals surface area contributed by atoms with Crippen LogP contribution in [0.25, 0.3) is 11.2 Å². The third-order valence-corrected chi connectivity index (χ3v) is 10.8. The van der Waals surface area contributed by atoms with E-state index in [1.165, 1.54) is 38.9 Å². The summed E-state index contributed by atoms with van der Waals surface area (Å²) in [5.41, 5.74) is 4.27. The minimum atomic E-state index is -4.05. The Labute approximate surface area is 250 Å². The van der Waals surface area contributed by atoms with Crippen molar-refractivity contribution in [2.24, 2.45) is 0 Å². The number of anilines is 1. The first-order chi connectivity index (χ1) is 20.1. The van der Waals surface area contributed by atoms with Crippen molar-refractivity contribution in [2.45, 2.75) is 69.9 Å². The van der Waals surface area contributed by atoms with Crippen molar-refractivity contribution in [3.63, 3.8) is 0 Å². The molecular weight excluding hydrogens is 611 g/mol. The number of nitrogens with one attached hydrogen (secondary N) is 2. The number of nitrogens with two attached hydrogens (primary N) is 1. The van der Waals surface area contributed by atoms with E-state index in [0.29, 0.717) is 11.4 Å². The van der Waals surface area contributed by atoms with E-state index in [1.54, 1.807) is 13.8 Å². The summed E-state index contributed by atoms with van der Waals surface area (Å²) in [6, 6.07) is -2.70. The van der Waals surface area contributed by atoms with E-state index in [9.17, 15) is 29.2 Å². The normalized spacial score (nSPS) is 27.9. The van der Waals surface area contributed by atoms with Crippen LogP contribution >= 0.6 is 18.1 Å². The summed E-state index contributed by atoms with van der Waals surface area (Å²) in [5.74, 6) is -1.42. The van der Waals surface area contributed by atoms with Gasteiger partial charge < -0.3 is 40.0 Å². The molecular formula is C23H35N8O10PS. The molecule has 1 unspecified atom stereocenters. The lowest BCUT2D eigenvalue weighted by molar-refractivity contribution is -0.149.